The molecule has 1 aliphatic carbocycles. The molecule has 0 aromatic carbocycles. The molecule has 4 aromatic rings. The summed E-state index contributed by atoms with van der Waals surface area (Å²) in [5, 5.41) is 25.8. The van der Waals surface area contributed by atoms with Crippen molar-refractivity contribution < 1.29 is 10.2 Å². The molecule has 1 saturated carbocycles. The van der Waals surface area contributed by atoms with Crippen LogP contribution in [0.3, 0.4) is 0 Å². The lowest BCUT2D eigenvalue weighted by molar-refractivity contribution is -0.0121. The van der Waals surface area contributed by atoms with Crippen molar-refractivity contribution in [3.8, 4) is 10.6 Å². The van der Waals surface area contributed by atoms with Crippen molar-refractivity contribution in [2.45, 2.75) is 43.9 Å². The van der Waals surface area contributed by atoms with Gasteiger partial charge < -0.3 is 25.4 Å². The van der Waals surface area contributed by atoms with Gasteiger partial charge >= 0.3 is 0 Å². The predicted octanol–water partition coefficient (Wildman–Crippen LogP) is 3.42. The molecule has 11 heteroatoms. The zero-order chi connectivity index (χ0) is 25.5. The second kappa shape index (κ2) is 10.3. The molecule has 6 rings (SSSR count). The van der Waals surface area contributed by atoms with Gasteiger partial charge in [0.05, 0.1) is 17.5 Å². The van der Waals surface area contributed by atoms with Gasteiger partial charge in [-0.2, -0.15) is 4.98 Å². The number of aliphatic hydroxyl groups is 2. The first-order valence-corrected chi connectivity index (χ1v) is 14.0. The van der Waals surface area contributed by atoms with Gasteiger partial charge in [-0.3, -0.25) is 4.98 Å². The second-order valence-electron chi connectivity index (χ2n) is 10.1. The molecule has 1 saturated heterocycles. The van der Waals surface area contributed by atoms with E-state index in [2.05, 4.69) is 37.0 Å². The fourth-order valence-corrected chi connectivity index (χ4v) is 6.97. The fourth-order valence-electron chi connectivity index (χ4n) is 6.15. The first-order chi connectivity index (χ1) is 18.0. The van der Waals surface area contributed by atoms with Gasteiger partial charge in [-0.05, 0) is 79.9 Å². The number of thiazole rings is 1. The summed E-state index contributed by atoms with van der Waals surface area (Å²) in [6.07, 6.45) is 9.32. The highest BCUT2D eigenvalue weighted by Gasteiger charge is 2.46. The van der Waals surface area contributed by atoms with Crippen LogP contribution in [0.15, 0.2) is 42.3 Å². The normalized spacial score (nSPS) is 25.3. The van der Waals surface area contributed by atoms with E-state index < -0.39 is 12.2 Å². The van der Waals surface area contributed by atoms with E-state index in [1.165, 1.54) is 16.9 Å². The Morgan fingerprint density at radius 3 is 2.59 bits per heavy atom. The molecule has 5 heterocycles. The Kier molecular flexibility index (Phi) is 6.85. The topological polar surface area (TPSA) is 126 Å². The molecule has 0 unspecified atom stereocenters. The Morgan fingerprint density at radius 1 is 1.08 bits per heavy atom. The van der Waals surface area contributed by atoms with Gasteiger partial charge in [0.1, 0.15) is 22.6 Å². The molecule has 0 spiro atoms. The number of nitrogen functional groups attached to an aromatic ring is 1. The molecule has 2 aliphatic rings. The van der Waals surface area contributed by atoms with Gasteiger partial charge in [0, 0.05) is 42.3 Å². The number of halogens is 1. The summed E-state index contributed by atoms with van der Waals surface area (Å²) < 4.78 is 1.92. The molecular formula is C26H30ClN7O2S. The van der Waals surface area contributed by atoms with Crippen LogP contribution in [-0.4, -0.2) is 71.5 Å². The molecule has 4 N–H and O–H groups in total. The van der Waals surface area contributed by atoms with Crippen molar-refractivity contribution in [1.82, 2.24) is 29.4 Å². The zero-order valence-corrected chi connectivity index (χ0v) is 21.9. The highest BCUT2D eigenvalue weighted by Crippen LogP contribution is 2.45. The Hall–Kier alpha value is -2.63. The number of rotatable bonds is 6. The molecule has 4 atom stereocenters. The van der Waals surface area contributed by atoms with Crippen molar-refractivity contribution in [2.24, 2.45) is 11.8 Å². The summed E-state index contributed by atoms with van der Waals surface area (Å²) in [6.45, 7) is 3.02. The van der Waals surface area contributed by atoms with Gasteiger partial charge in [-0.25, -0.2) is 9.97 Å². The van der Waals surface area contributed by atoms with Gasteiger partial charge in [0.15, 0.2) is 0 Å². The summed E-state index contributed by atoms with van der Waals surface area (Å²) in [7, 11) is 0. The number of nitrogens with two attached hydrogens (primary N) is 1. The van der Waals surface area contributed by atoms with E-state index in [0.29, 0.717) is 23.4 Å². The lowest BCUT2D eigenvalue weighted by atomic mass is 9.82. The third kappa shape index (κ3) is 4.72. The van der Waals surface area contributed by atoms with Gasteiger partial charge in [-0.15, -0.1) is 11.3 Å². The quantitative estimate of drug-likeness (QED) is 0.318. The van der Waals surface area contributed by atoms with Crippen molar-refractivity contribution in [2.75, 3.05) is 25.4 Å². The molecule has 1 aliphatic heterocycles. The number of fused-ring (bicyclic) bond motifs is 1. The average molecular weight is 540 g/mol. The summed E-state index contributed by atoms with van der Waals surface area (Å²) in [4.78, 5) is 19.7. The van der Waals surface area contributed by atoms with E-state index in [-0.39, 0.29) is 23.1 Å². The van der Waals surface area contributed by atoms with Crippen molar-refractivity contribution in [3.63, 3.8) is 0 Å². The standard InChI is InChI=1S/C26H30ClN7O2S/c27-26-31-23(28)20-18(25-30-8-12-37-25)14-34(24(20)32-26)19-13-17(21(35)22(19)36)16-4-10-33(11-5-16)9-3-15-1-6-29-7-2-15/h1-2,6-8,12,14,16-17,19,21-22,35-36H,3-5,9-11,13H2,(H2,28,31,32)/t17-,19-,21-,22+/m1/s1. The number of likely N-dealkylation sites (tertiary alicyclic amines) is 1. The van der Waals surface area contributed by atoms with Crippen LogP contribution in [0.4, 0.5) is 5.82 Å². The number of aliphatic hydroxyl groups excluding tert-OH is 2. The number of hydrogen-bond donors (Lipinski definition) is 3. The first kappa shape index (κ1) is 24.7. The van der Waals surface area contributed by atoms with E-state index in [9.17, 15) is 10.2 Å². The van der Waals surface area contributed by atoms with Crippen LogP contribution in [0, 0.1) is 11.8 Å². The first-order valence-electron chi connectivity index (χ1n) is 12.7. The van der Waals surface area contributed by atoms with E-state index in [4.69, 9.17) is 17.3 Å². The second-order valence-corrected chi connectivity index (χ2v) is 11.3. The molecule has 194 valence electrons. The minimum atomic E-state index is -0.913. The number of nitrogens with zero attached hydrogens (tertiary/aromatic N) is 6. The summed E-state index contributed by atoms with van der Waals surface area (Å²) in [5.41, 5.74) is 8.94. The molecule has 4 aromatic heterocycles. The molecule has 0 bridgehead atoms. The molecule has 0 radical (unpaired) electrons. The maximum absolute atomic E-state index is 11.2. The minimum absolute atomic E-state index is 0.0118. The van der Waals surface area contributed by atoms with Gasteiger partial charge in [-0.1, -0.05) is 0 Å². The number of hydrogen-bond acceptors (Lipinski definition) is 9. The van der Waals surface area contributed by atoms with Crippen molar-refractivity contribution >= 4 is 39.8 Å². The van der Waals surface area contributed by atoms with Crippen LogP contribution in [0.5, 0.6) is 0 Å². The summed E-state index contributed by atoms with van der Waals surface area (Å²) in [5.74, 6) is 0.649. The number of aromatic nitrogens is 5. The number of anilines is 1. The van der Waals surface area contributed by atoms with Crippen LogP contribution in [0.1, 0.15) is 30.9 Å². The third-order valence-corrected chi connectivity index (χ3v) is 9.07. The Morgan fingerprint density at radius 2 is 1.86 bits per heavy atom. The largest absolute Gasteiger partial charge is 0.390 e. The SMILES string of the molecule is Nc1nc(Cl)nc2c1c(-c1nccs1)cn2[C@@H]1C[C@H](C2CCN(CCc3ccncc3)CC2)[C@@H](O)[C@H]1O. The smallest absolute Gasteiger partial charge is 0.226 e. The minimum Gasteiger partial charge on any atom is -0.390 e. The third-order valence-electron chi connectivity index (χ3n) is 8.09. The zero-order valence-electron chi connectivity index (χ0n) is 20.3. The summed E-state index contributed by atoms with van der Waals surface area (Å²) >= 11 is 7.68. The van der Waals surface area contributed by atoms with Gasteiger partial charge in [0.2, 0.25) is 5.28 Å². The van der Waals surface area contributed by atoms with Crippen LogP contribution in [0.25, 0.3) is 21.6 Å². The number of pyridine rings is 1. The van der Waals surface area contributed by atoms with Crippen LogP contribution >= 0.6 is 22.9 Å². The molecular weight excluding hydrogens is 510 g/mol. The Labute approximate surface area is 224 Å². The maximum atomic E-state index is 11.2. The van der Waals surface area contributed by atoms with E-state index >= 15 is 0 Å². The van der Waals surface area contributed by atoms with E-state index in [0.717, 1.165) is 49.5 Å². The van der Waals surface area contributed by atoms with Crippen LogP contribution in [-0.2, 0) is 6.42 Å². The molecule has 0 amide bonds. The van der Waals surface area contributed by atoms with E-state index in [1.807, 2.05) is 28.5 Å². The van der Waals surface area contributed by atoms with Crippen LogP contribution < -0.4 is 5.73 Å². The highest BCUT2D eigenvalue weighted by atomic mass is 35.5. The average Bonchev–Trinajstić information content (AvgIpc) is 3.63. The lowest BCUT2D eigenvalue weighted by Crippen LogP contribution is -2.40. The summed E-state index contributed by atoms with van der Waals surface area (Å²) in [6, 6.07) is 3.80. The lowest BCUT2D eigenvalue weighted by Gasteiger charge is -2.36. The number of piperidine rings is 1. The predicted molar refractivity (Wildman–Crippen MR) is 144 cm³/mol. The molecule has 9 nitrogen and oxygen atoms in total. The Bertz CT molecular complexity index is 1360. The highest BCUT2D eigenvalue weighted by molar-refractivity contribution is 7.13. The van der Waals surface area contributed by atoms with Crippen molar-refractivity contribution in [1.29, 1.82) is 0 Å². The molecule has 2 fully saturated rings. The monoisotopic (exact) mass is 539 g/mol. The fraction of sp³-hybridized carbons (Fsp3) is 0.462. The van der Waals surface area contributed by atoms with Crippen molar-refractivity contribution in [3.05, 3.63) is 53.1 Å². The molecule has 37 heavy (non-hydrogen) atoms. The maximum Gasteiger partial charge on any atom is 0.226 e. The van der Waals surface area contributed by atoms with Gasteiger partial charge in [0.25, 0.3) is 0 Å². The Balaban J connectivity index is 1.20. The van der Waals surface area contributed by atoms with E-state index in [1.54, 1.807) is 6.20 Å². The van der Waals surface area contributed by atoms with Crippen LogP contribution in [0.2, 0.25) is 5.28 Å².